The van der Waals surface area contributed by atoms with Gasteiger partial charge in [0.1, 0.15) is 0 Å². The van der Waals surface area contributed by atoms with Gasteiger partial charge >= 0.3 is 0 Å². The van der Waals surface area contributed by atoms with Crippen molar-refractivity contribution < 1.29 is 4.79 Å². The molecule has 1 amide bonds. The van der Waals surface area contributed by atoms with Crippen LogP contribution in [0.1, 0.15) is 10.4 Å². The lowest BCUT2D eigenvalue weighted by atomic mass is 10.1. The summed E-state index contributed by atoms with van der Waals surface area (Å²) in [6.07, 6.45) is 0. The third-order valence-corrected chi connectivity index (χ3v) is 4.47. The Morgan fingerprint density at radius 1 is 1.14 bits per heavy atom. The van der Waals surface area contributed by atoms with E-state index in [2.05, 4.69) is 20.8 Å². The van der Waals surface area contributed by atoms with Crippen molar-refractivity contribution in [2.24, 2.45) is 0 Å². The maximum absolute atomic E-state index is 12.8. The number of amides is 1. The number of halogens is 2. The smallest absolute Gasteiger partial charge is 0.259 e. The number of hydrogen-bond acceptors (Lipinski definition) is 2. The summed E-state index contributed by atoms with van der Waals surface area (Å²) >= 11 is 9.58. The van der Waals surface area contributed by atoms with Crippen molar-refractivity contribution in [1.82, 2.24) is 0 Å². The predicted molar refractivity (Wildman–Crippen MR) is 90.5 cm³/mol. The summed E-state index contributed by atoms with van der Waals surface area (Å²) in [7, 11) is 2.03. The fraction of sp³-hybridized carbons (Fsp3) is 0.188. The number of carbonyl (C=O) groups is 1. The molecular weight excluding hydrogens is 352 g/mol. The molecule has 1 aliphatic rings. The van der Waals surface area contributed by atoms with Gasteiger partial charge in [0, 0.05) is 24.6 Å². The van der Waals surface area contributed by atoms with E-state index in [0.29, 0.717) is 17.1 Å². The van der Waals surface area contributed by atoms with Gasteiger partial charge in [-0.25, -0.2) is 0 Å². The average molecular weight is 366 g/mol. The van der Waals surface area contributed by atoms with Gasteiger partial charge < -0.3 is 9.80 Å². The molecular formula is C16H14BrClN2O. The lowest BCUT2D eigenvalue weighted by Gasteiger charge is -2.35. The summed E-state index contributed by atoms with van der Waals surface area (Å²) in [5, 5.41) is 0.472. The van der Waals surface area contributed by atoms with E-state index in [-0.39, 0.29) is 5.91 Å². The lowest BCUT2D eigenvalue weighted by molar-refractivity contribution is 0.0987. The van der Waals surface area contributed by atoms with E-state index in [9.17, 15) is 4.79 Å². The largest absolute Gasteiger partial charge is 0.371 e. The topological polar surface area (TPSA) is 23.6 Å². The number of likely N-dealkylation sites (N-methyl/N-ethyl adjacent to an activating group) is 1. The van der Waals surface area contributed by atoms with Crippen LogP contribution in [0.3, 0.4) is 0 Å². The Morgan fingerprint density at radius 3 is 2.62 bits per heavy atom. The zero-order valence-corrected chi connectivity index (χ0v) is 13.9. The number of fused-ring (bicyclic) bond motifs is 1. The van der Waals surface area contributed by atoms with Crippen LogP contribution in [0.25, 0.3) is 0 Å². The molecule has 0 unspecified atom stereocenters. The second-order valence-corrected chi connectivity index (χ2v) is 6.31. The molecule has 0 spiro atoms. The molecule has 108 valence electrons. The third-order valence-electron chi connectivity index (χ3n) is 3.65. The minimum atomic E-state index is -0.0677. The number of hydrogen-bond donors (Lipinski definition) is 0. The van der Waals surface area contributed by atoms with E-state index in [1.54, 1.807) is 17.0 Å². The van der Waals surface area contributed by atoms with Crippen LogP contribution in [0.5, 0.6) is 0 Å². The first-order chi connectivity index (χ1) is 10.1. The molecule has 0 aromatic heterocycles. The van der Waals surface area contributed by atoms with Crippen LogP contribution in [0, 0.1) is 0 Å². The van der Waals surface area contributed by atoms with Gasteiger partial charge in [-0.3, -0.25) is 4.79 Å². The molecule has 21 heavy (non-hydrogen) atoms. The third kappa shape index (κ3) is 2.65. The van der Waals surface area contributed by atoms with Gasteiger partial charge in [-0.05, 0) is 30.3 Å². The number of anilines is 2. The highest BCUT2D eigenvalue weighted by Gasteiger charge is 2.26. The Kier molecular flexibility index (Phi) is 3.91. The highest BCUT2D eigenvalue weighted by Crippen LogP contribution is 2.34. The second kappa shape index (κ2) is 5.70. The van der Waals surface area contributed by atoms with Crippen molar-refractivity contribution in [3.8, 4) is 0 Å². The maximum Gasteiger partial charge on any atom is 0.259 e. The summed E-state index contributed by atoms with van der Waals surface area (Å²) in [5.74, 6) is -0.0677. The minimum absolute atomic E-state index is 0.0677. The van der Waals surface area contributed by atoms with Crippen LogP contribution in [-0.4, -0.2) is 26.0 Å². The molecule has 2 aromatic carbocycles. The Balaban J connectivity index is 2.03. The second-order valence-electron chi connectivity index (χ2n) is 4.99. The van der Waals surface area contributed by atoms with E-state index < -0.39 is 0 Å². The molecule has 0 fully saturated rings. The molecule has 1 aliphatic heterocycles. The molecule has 3 nitrogen and oxygen atoms in total. The Bertz CT molecular complexity index is 704. The Labute approximate surface area is 137 Å². The van der Waals surface area contributed by atoms with Crippen LogP contribution in [0.2, 0.25) is 5.02 Å². The lowest BCUT2D eigenvalue weighted by Crippen LogP contribution is -2.42. The summed E-state index contributed by atoms with van der Waals surface area (Å²) in [4.78, 5) is 16.8. The van der Waals surface area contributed by atoms with Gasteiger partial charge in [-0.15, -0.1) is 0 Å². The summed E-state index contributed by atoms with van der Waals surface area (Å²) in [5.41, 5.74) is 2.50. The van der Waals surface area contributed by atoms with Gasteiger partial charge in [-0.1, -0.05) is 39.7 Å². The quantitative estimate of drug-likeness (QED) is 0.756. The molecule has 0 bridgehead atoms. The number of carbonyl (C=O) groups excluding carboxylic acids is 1. The zero-order chi connectivity index (χ0) is 15.0. The van der Waals surface area contributed by atoms with Gasteiger partial charge in [0.15, 0.2) is 0 Å². The van der Waals surface area contributed by atoms with Gasteiger partial charge in [0.2, 0.25) is 0 Å². The van der Waals surface area contributed by atoms with Crippen molar-refractivity contribution >= 4 is 44.8 Å². The average Bonchev–Trinajstić information content (AvgIpc) is 2.50. The molecule has 1 heterocycles. The standard InChI is InChI=1S/C16H14BrClN2O/c1-19-8-9-20(15-5-3-2-4-14(15)19)16(21)12-10-11(17)6-7-13(12)18/h2-7,10H,8-9H2,1H3. The molecule has 0 atom stereocenters. The molecule has 0 aliphatic carbocycles. The fourth-order valence-electron chi connectivity index (χ4n) is 2.52. The van der Waals surface area contributed by atoms with Crippen molar-refractivity contribution in [3.05, 3.63) is 57.5 Å². The highest BCUT2D eigenvalue weighted by molar-refractivity contribution is 9.10. The first kappa shape index (κ1) is 14.4. The van der Waals surface area contributed by atoms with Crippen LogP contribution < -0.4 is 9.80 Å². The number of nitrogens with zero attached hydrogens (tertiary/aromatic N) is 2. The molecule has 2 aromatic rings. The van der Waals surface area contributed by atoms with Gasteiger partial charge in [0.25, 0.3) is 5.91 Å². The first-order valence-corrected chi connectivity index (χ1v) is 7.82. The van der Waals surface area contributed by atoms with E-state index in [0.717, 1.165) is 22.4 Å². The maximum atomic E-state index is 12.8. The Morgan fingerprint density at radius 2 is 1.86 bits per heavy atom. The van der Waals surface area contributed by atoms with Gasteiger partial charge in [-0.2, -0.15) is 0 Å². The molecule has 0 N–H and O–H groups in total. The molecule has 3 rings (SSSR count). The van der Waals surface area contributed by atoms with Crippen LogP contribution in [-0.2, 0) is 0 Å². The normalized spacial score (nSPS) is 14.0. The van der Waals surface area contributed by atoms with Crippen LogP contribution >= 0.6 is 27.5 Å². The monoisotopic (exact) mass is 364 g/mol. The highest BCUT2D eigenvalue weighted by atomic mass is 79.9. The first-order valence-electron chi connectivity index (χ1n) is 6.65. The van der Waals surface area contributed by atoms with Crippen LogP contribution in [0.4, 0.5) is 11.4 Å². The molecule has 0 saturated carbocycles. The SMILES string of the molecule is CN1CCN(C(=O)c2cc(Br)ccc2Cl)c2ccccc21. The molecule has 0 radical (unpaired) electrons. The number of para-hydroxylation sites is 2. The van der Waals surface area contributed by atoms with Crippen molar-refractivity contribution in [1.29, 1.82) is 0 Å². The summed E-state index contributed by atoms with van der Waals surface area (Å²) < 4.78 is 0.845. The van der Waals surface area contributed by atoms with E-state index >= 15 is 0 Å². The van der Waals surface area contributed by atoms with E-state index in [4.69, 9.17) is 11.6 Å². The Hall–Kier alpha value is -1.52. The zero-order valence-electron chi connectivity index (χ0n) is 11.5. The number of benzene rings is 2. The predicted octanol–water partition coefficient (Wildman–Crippen LogP) is 4.20. The molecule has 5 heteroatoms. The fourth-order valence-corrected chi connectivity index (χ4v) is 3.08. The van der Waals surface area contributed by atoms with E-state index in [1.807, 2.05) is 37.4 Å². The van der Waals surface area contributed by atoms with Crippen molar-refractivity contribution in [3.63, 3.8) is 0 Å². The number of rotatable bonds is 1. The van der Waals surface area contributed by atoms with E-state index in [1.165, 1.54) is 0 Å². The minimum Gasteiger partial charge on any atom is -0.371 e. The van der Waals surface area contributed by atoms with Crippen molar-refractivity contribution in [2.75, 3.05) is 29.9 Å². The van der Waals surface area contributed by atoms with Crippen LogP contribution in [0.15, 0.2) is 46.9 Å². The summed E-state index contributed by atoms with van der Waals surface area (Å²) in [6.45, 7) is 1.45. The summed E-state index contributed by atoms with van der Waals surface area (Å²) in [6, 6.07) is 13.3. The molecule has 0 saturated heterocycles. The van der Waals surface area contributed by atoms with Gasteiger partial charge in [0.05, 0.1) is 22.0 Å². The van der Waals surface area contributed by atoms with Crippen molar-refractivity contribution in [2.45, 2.75) is 0 Å².